The molecule has 92 valence electrons. The molecule has 1 fully saturated rings. The van der Waals surface area contributed by atoms with Crippen molar-refractivity contribution in [2.45, 2.75) is 38.8 Å². The topological polar surface area (TPSA) is 58.1 Å². The fraction of sp³-hybridized carbons (Fsp3) is 0.583. The van der Waals surface area contributed by atoms with Crippen molar-refractivity contribution >= 4 is 11.6 Å². The molecule has 1 aliphatic rings. The van der Waals surface area contributed by atoms with E-state index in [1.54, 1.807) is 17.3 Å². The Hall–Kier alpha value is -1.49. The summed E-state index contributed by atoms with van der Waals surface area (Å²) in [7, 11) is 0. The molecule has 1 amide bonds. The Morgan fingerprint density at radius 1 is 1.41 bits per heavy atom. The van der Waals surface area contributed by atoms with Crippen LogP contribution in [0.4, 0.5) is 5.69 Å². The third-order valence-electron chi connectivity index (χ3n) is 2.83. The number of anilines is 1. The largest absolute Gasteiger partial charge is 0.308 e. The van der Waals surface area contributed by atoms with Gasteiger partial charge in [-0.05, 0) is 12.8 Å². The van der Waals surface area contributed by atoms with E-state index in [0.29, 0.717) is 6.04 Å². The molecule has 2 heterocycles. The van der Waals surface area contributed by atoms with Crippen LogP contribution in [-0.2, 0) is 4.79 Å². The first-order valence-corrected chi connectivity index (χ1v) is 6.01. The SMILES string of the molecule is CC(C)NC1CCCN(c2cncnc2)C1=O. The summed E-state index contributed by atoms with van der Waals surface area (Å²) in [6.45, 7) is 4.86. The van der Waals surface area contributed by atoms with Gasteiger partial charge in [-0.25, -0.2) is 9.97 Å². The number of hydrogen-bond acceptors (Lipinski definition) is 4. The Morgan fingerprint density at radius 3 is 2.76 bits per heavy atom. The second-order valence-corrected chi connectivity index (χ2v) is 4.60. The summed E-state index contributed by atoms with van der Waals surface area (Å²) in [4.78, 5) is 21.9. The number of piperidine rings is 1. The molecule has 1 N–H and O–H groups in total. The highest BCUT2D eigenvalue weighted by atomic mass is 16.2. The third kappa shape index (κ3) is 2.79. The van der Waals surface area contributed by atoms with Crippen LogP contribution in [0.3, 0.4) is 0 Å². The summed E-state index contributed by atoms with van der Waals surface area (Å²) >= 11 is 0. The molecular weight excluding hydrogens is 216 g/mol. The minimum absolute atomic E-state index is 0.0797. The number of nitrogens with zero attached hydrogens (tertiary/aromatic N) is 3. The summed E-state index contributed by atoms with van der Waals surface area (Å²) in [5.74, 6) is 0.125. The van der Waals surface area contributed by atoms with Gasteiger partial charge in [-0.2, -0.15) is 0 Å². The van der Waals surface area contributed by atoms with E-state index in [9.17, 15) is 4.79 Å². The van der Waals surface area contributed by atoms with Crippen molar-refractivity contribution in [1.82, 2.24) is 15.3 Å². The molecule has 5 heteroatoms. The van der Waals surface area contributed by atoms with Crippen molar-refractivity contribution in [3.05, 3.63) is 18.7 Å². The van der Waals surface area contributed by atoms with Gasteiger partial charge in [0, 0.05) is 12.6 Å². The van der Waals surface area contributed by atoms with Gasteiger partial charge in [0.2, 0.25) is 5.91 Å². The number of rotatable bonds is 3. The molecule has 1 atom stereocenters. The first kappa shape index (κ1) is 12.0. The normalized spacial score (nSPS) is 21.0. The number of nitrogens with one attached hydrogen (secondary N) is 1. The Labute approximate surface area is 101 Å². The maximum Gasteiger partial charge on any atom is 0.244 e. The van der Waals surface area contributed by atoms with Crippen LogP contribution in [0.15, 0.2) is 18.7 Å². The van der Waals surface area contributed by atoms with Crippen LogP contribution in [0, 0.1) is 0 Å². The maximum atomic E-state index is 12.3. The predicted octanol–water partition coefficient (Wildman–Crippen LogP) is 0.970. The van der Waals surface area contributed by atoms with Crippen LogP contribution in [-0.4, -0.2) is 34.5 Å². The minimum Gasteiger partial charge on any atom is -0.308 e. The molecule has 5 nitrogen and oxygen atoms in total. The highest BCUT2D eigenvalue weighted by Gasteiger charge is 2.29. The highest BCUT2D eigenvalue weighted by molar-refractivity contribution is 5.97. The Balaban J connectivity index is 2.11. The third-order valence-corrected chi connectivity index (χ3v) is 2.83. The van der Waals surface area contributed by atoms with E-state index >= 15 is 0 Å². The van der Waals surface area contributed by atoms with E-state index < -0.39 is 0 Å². The Morgan fingerprint density at radius 2 is 2.12 bits per heavy atom. The summed E-state index contributed by atoms with van der Waals surface area (Å²) in [5.41, 5.74) is 0.785. The molecule has 0 bridgehead atoms. The lowest BCUT2D eigenvalue weighted by Crippen LogP contribution is -2.52. The van der Waals surface area contributed by atoms with Crippen molar-refractivity contribution in [2.75, 3.05) is 11.4 Å². The number of aromatic nitrogens is 2. The molecule has 2 rings (SSSR count). The van der Waals surface area contributed by atoms with Gasteiger partial charge in [0.05, 0.1) is 24.1 Å². The van der Waals surface area contributed by atoms with Crippen LogP contribution in [0.5, 0.6) is 0 Å². The zero-order valence-corrected chi connectivity index (χ0v) is 10.3. The molecular formula is C12H18N4O. The molecule has 1 aliphatic heterocycles. The van der Waals surface area contributed by atoms with E-state index in [-0.39, 0.29) is 11.9 Å². The van der Waals surface area contributed by atoms with Crippen LogP contribution in [0.2, 0.25) is 0 Å². The van der Waals surface area contributed by atoms with Gasteiger partial charge < -0.3 is 10.2 Å². The van der Waals surface area contributed by atoms with E-state index in [4.69, 9.17) is 0 Å². The quantitative estimate of drug-likeness (QED) is 0.846. The van der Waals surface area contributed by atoms with Gasteiger partial charge in [-0.15, -0.1) is 0 Å². The lowest BCUT2D eigenvalue weighted by molar-refractivity contribution is -0.121. The summed E-state index contributed by atoms with van der Waals surface area (Å²) in [5, 5.41) is 3.30. The number of hydrogen-bond donors (Lipinski definition) is 1. The maximum absolute atomic E-state index is 12.3. The first-order chi connectivity index (χ1) is 8.18. The second-order valence-electron chi connectivity index (χ2n) is 4.60. The molecule has 1 aromatic heterocycles. The van der Waals surface area contributed by atoms with Crippen LogP contribution < -0.4 is 10.2 Å². The number of carbonyl (C=O) groups excluding carboxylic acids is 1. The monoisotopic (exact) mass is 234 g/mol. The lowest BCUT2D eigenvalue weighted by atomic mass is 10.0. The molecule has 0 spiro atoms. The van der Waals surface area contributed by atoms with Crippen LogP contribution in [0.1, 0.15) is 26.7 Å². The zero-order valence-electron chi connectivity index (χ0n) is 10.3. The molecule has 0 saturated carbocycles. The van der Waals surface area contributed by atoms with Gasteiger partial charge in [-0.3, -0.25) is 4.79 Å². The number of amides is 1. The summed E-state index contributed by atoms with van der Waals surface area (Å²) < 4.78 is 0. The molecule has 0 aromatic carbocycles. The predicted molar refractivity (Wildman–Crippen MR) is 65.7 cm³/mol. The van der Waals surface area contributed by atoms with Gasteiger partial charge in [0.25, 0.3) is 0 Å². The smallest absolute Gasteiger partial charge is 0.244 e. The van der Waals surface area contributed by atoms with E-state index in [1.165, 1.54) is 6.33 Å². The zero-order chi connectivity index (χ0) is 12.3. The van der Waals surface area contributed by atoms with Gasteiger partial charge >= 0.3 is 0 Å². The highest BCUT2D eigenvalue weighted by Crippen LogP contribution is 2.19. The van der Waals surface area contributed by atoms with Crippen molar-refractivity contribution < 1.29 is 4.79 Å². The standard InChI is InChI=1S/C12H18N4O/c1-9(2)15-11-4-3-5-16(12(11)17)10-6-13-8-14-7-10/h6-9,11,15H,3-5H2,1-2H3. The minimum atomic E-state index is -0.0797. The average molecular weight is 234 g/mol. The number of carbonyl (C=O) groups is 1. The van der Waals surface area contributed by atoms with Crippen molar-refractivity contribution in [1.29, 1.82) is 0 Å². The fourth-order valence-electron chi connectivity index (χ4n) is 2.12. The van der Waals surface area contributed by atoms with Gasteiger partial charge in [0.15, 0.2) is 0 Å². The van der Waals surface area contributed by atoms with Crippen molar-refractivity contribution in [3.63, 3.8) is 0 Å². The molecule has 1 unspecified atom stereocenters. The Bertz CT molecular complexity index is 379. The van der Waals surface area contributed by atoms with Gasteiger partial charge in [0.1, 0.15) is 6.33 Å². The summed E-state index contributed by atoms with van der Waals surface area (Å²) in [6, 6.07) is 0.236. The van der Waals surface area contributed by atoms with Gasteiger partial charge in [-0.1, -0.05) is 13.8 Å². The van der Waals surface area contributed by atoms with E-state index in [1.807, 2.05) is 0 Å². The van der Waals surface area contributed by atoms with Crippen LogP contribution >= 0.6 is 0 Å². The van der Waals surface area contributed by atoms with Crippen LogP contribution in [0.25, 0.3) is 0 Å². The van der Waals surface area contributed by atoms with Crippen molar-refractivity contribution in [2.24, 2.45) is 0 Å². The molecule has 0 radical (unpaired) electrons. The molecule has 17 heavy (non-hydrogen) atoms. The summed E-state index contributed by atoms with van der Waals surface area (Å²) in [6.07, 6.45) is 6.75. The fourth-order valence-corrected chi connectivity index (χ4v) is 2.12. The lowest BCUT2D eigenvalue weighted by Gasteiger charge is -2.33. The average Bonchev–Trinajstić information content (AvgIpc) is 2.32. The Kier molecular flexibility index (Phi) is 3.68. The first-order valence-electron chi connectivity index (χ1n) is 6.01. The van der Waals surface area contributed by atoms with E-state index in [2.05, 4.69) is 29.1 Å². The second kappa shape index (κ2) is 5.23. The van der Waals surface area contributed by atoms with E-state index in [0.717, 1.165) is 25.1 Å². The molecule has 1 saturated heterocycles. The molecule has 0 aliphatic carbocycles. The molecule has 1 aromatic rings. The van der Waals surface area contributed by atoms with Crippen molar-refractivity contribution in [3.8, 4) is 0 Å².